The Morgan fingerprint density at radius 2 is 1.19 bits per heavy atom. The fourth-order valence-corrected chi connectivity index (χ4v) is 4.46. The van der Waals surface area contributed by atoms with Crippen molar-refractivity contribution in [3.63, 3.8) is 0 Å². The van der Waals surface area contributed by atoms with Gasteiger partial charge in [0.25, 0.3) is 11.8 Å². The van der Waals surface area contributed by atoms with Crippen LogP contribution in [0.5, 0.6) is 0 Å². The third-order valence-electron chi connectivity index (χ3n) is 6.07. The van der Waals surface area contributed by atoms with Crippen LogP contribution >= 0.6 is 0 Å². The lowest BCUT2D eigenvalue weighted by molar-refractivity contribution is -0.120. The van der Waals surface area contributed by atoms with Crippen LogP contribution < -0.4 is 4.90 Å². The molecule has 2 aliphatic heterocycles. The Bertz CT molecular complexity index is 1140. The maximum Gasteiger partial charge on any atom is 0.282 e. The van der Waals surface area contributed by atoms with Gasteiger partial charge in [-0.25, -0.2) is 4.90 Å². The normalized spacial score (nSPS) is 17.4. The molecule has 1 fully saturated rings. The molecule has 160 valence electrons. The number of amides is 2. The van der Waals surface area contributed by atoms with Crippen molar-refractivity contribution in [1.29, 1.82) is 0 Å². The molecule has 0 bridgehead atoms. The average molecular weight is 424 g/mol. The Balaban J connectivity index is 1.43. The summed E-state index contributed by atoms with van der Waals surface area (Å²) in [6.45, 7) is 3.99. The van der Waals surface area contributed by atoms with Crippen molar-refractivity contribution < 1.29 is 9.59 Å². The summed E-state index contributed by atoms with van der Waals surface area (Å²) in [4.78, 5) is 32.8. The summed E-state index contributed by atoms with van der Waals surface area (Å²) in [5.41, 5.74) is 3.69. The van der Waals surface area contributed by atoms with Gasteiger partial charge in [0.15, 0.2) is 0 Å². The van der Waals surface area contributed by atoms with Crippen LogP contribution in [-0.2, 0) is 16.1 Å². The van der Waals surface area contributed by atoms with E-state index < -0.39 is 0 Å². The summed E-state index contributed by atoms with van der Waals surface area (Å²) in [6.07, 6.45) is 0. The van der Waals surface area contributed by atoms with Crippen LogP contribution in [-0.4, -0.2) is 47.8 Å². The largest absolute Gasteiger partial charge is 0.364 e. The van der Waals surface area contributed by atoms with Crippen LogP contribution in [0.15, 0.2) is 96.7 Å². The van der Waals surface area contributed by atoms with E-state index in [0.29, 0.717) is 30.0 Å². The zero-order valence-electron chi connectivity index (χ0n) is 17.9. The monoisotopic (exact) mass is 423 g/mol. The molecule has 3 aromatic rings. The van der Waals surface area contributed by atoms with Gasteiger partial charge in [-0.05, 0) is 23.3 Å². The first-order valence-electron chi connectivity index (χ1n) is 11.0. The standard InChI is InChI=1S/C27H25N3O2/c31-26-24(22-12-6-2-7-13-22)25(27(32)30(26)23-14-8-3-9-15-23)29-18-16-28(17-19-29)20-21-10-4-1-5-11-21/h1-15H,16-20H2. The molecule has 5 nitrogen and oxygen atoms in total. The van der Waals surface area contributed by atoms with E-state index in [2.05, 4.69) is 34.1 Å². The van der Waals surface area contributed by atoms with Gasteiger partial charge >= 0.3 is 0 Å². The molecule has 0 unspecified atom stereocenters. The molecular formula is C27H25N3O2. The molecule has 0 spiro atoms. The number of anilines is 1. The molecule has 0 aromatic heterocycles. The molecule has 2 amide bonds. The fourth-order valence-electron chi connectivity index (χ4n) is 4.46. The molecule has 5 rings (SSSR count). The van der Waals surface area contributed by atoms with Gasteiger partial charge in [0, 0.05) is 32.7 Å². The van der Waals surface area contributed by atoms with E-state index in [1.807, 2.05) is 54.6 Å². The molecule has 0 N–H and O–H groups in total. The predicted octanol–water partition coefficient (Wildman–Crippen LogP) is 3.79. The maximum absolute atomic E-state index is 13.6. The van der Waals surface area contributed by atoms with Gasteiger partial charge in [0.05, 0.1) is 11.3 Å². The third kappa shape index (κ3) is 3.83. The van der Waals surface area contributed by atoms with Crippen LogP contribution in [0.2, 0.25) is 0 Å². The first-order chi connectivity index (χ1) is 15.7. The number of piperazine rings is 1. The Kier molecular flexibility index (Phi) is 5.57. The van der Waals surface area contributed by atoms with Crippen molar-refractivity contribution in [3.05, 3.63) is 108 Å². The quantitative estimate of drug-likeness (QED) is 0.586. The number of rotatable bonds is 5. The van der Waals surface area contributed by atoms with Gasteiger partial charge < -0.3 is 4.90 Å². The molecule has 5 heteroatoms. The summed E-state index contributed by atoms with van der Waals surface area (Å²) in [5.74, 6) is -0.495. The van der Waals surface area contributed by atoms with Crippen molar-refractivity contribution in [3.8, 4) is 0 Å². The lowest BCUT2D eigenvalue weighted by atomic mass is 10.0. The molecule has 32 heavy (non-hydrogen) atoms. The van der Waals surface area contributed by atoms with Crippen molar-refractivity contribution in [2.45, 2.75) is 6.54 Å². The van der Waals surface area contributed by atoms with E-state index in [1.54, 1.807) is 12.1 Å². The van der Waals surface area contributed by atoms with Gasteiger partial charge in [-0.2, -0.15) is 0 Å². The minimum absolute atomic E-state index is 0.239. The van der Waals surface area contributed by atoms with Gasteiger partial charge in [-0.1, -0.05) is 78.9 Å². The van der Waals surface area contributed by atoms with E-state index in [-0.39, 0.29) is 11.8 Å². The number of para-hydroxylation sites is 1. The molecule has 0 aliphatic carbocycles. The number of hydrogen-bond donors (Lipinski definition) is 0. The van der Waals surface area contributed by atoms with Gasteiger partial charge in [-0.3, -0.25) is 14.5 Å². The lowest BCUT2D eigenvalue weighted by Crippen LogP contribution is -2.47. The highest BCUT2D eigenvalue weighted by atomic mass is 16.2. The number of benzene rings is 3. The highest BCUT2D eigenvalue weighted by Crippen LogP contribution is 2.35. The molecule has 1 saturated heterocycles. The second kappa shape index (κ2) is 8.81. The smallest absolute Gasteiger partial charge is 0.282 e. The Morgan fingerprint density at radius 1 is 0.625 bits per heavy atom. The summed E-state index contributed by atoms with van der Waals surface area (Å²) >= 11 is 0. The van der Waals surface area contributed by atoms with Crippen LogP contribution in [0.4, 0.5) is 5.69 Å². The number of nitrogens with zero attached hydrogens (tertiary/aromatic N) is 3. The predicted molar refractivity (Wildman–Crippen MR) is 126 cm³/mol. The molecule has 0 atom stereocenters. The number of imide groups is 1. The zero-order valence-corrected chi connectivity index (χ0v) is 17.9. The minimum Gasteiger partial charge on any atom is -0.364 e. The van der Waals surface area contributed by atoms with Crippen molar-refractivity contribution in [2.24, 2.45) is 0 Å². The summed E-state index contributed by atoms with van der Waals surface area (Å²) in [6, 6.07) is 29.1. The Hall–Kier alpha value is -3.70. The highest BCUT2D eigenvalue weighted by molar-refractivity contribution is 6.45. The van der Waals surface area contributed by atoms with Gasteiger partial charge in [0.1, 0.15) is 5.70 Å². The van der Waals surface area contributed by atoms with Crippen molar-refractivity contribution in [1.82, 2.24) is 9.80 Å². The Labute approximate surface area is 188 Å². The summed E-state index contributed by atoms with van der Waals surface area (Å²) < 4.78 is 0. The molecule has 2 aliphatic rings. The fraction of sp³-hybridized carbons (Fsp3) is 0.185. The number of carbonyl (C=O) groups excluding carboxylic acids is 2. The second-order valence-electron chi connectivity index (χ2n) is 8.12. The van der Waals surface area contributed by atoms with Crippen LogP contribution in [0.3, 0.4) is 0 Å². The number of hydrogen-bond acceptors (Lipinski definition) is 4. The van der Waals surface area contributed by atoms with E-state index in [1.165, 1.54) is 10.5 Å². The molecule has 2 heterocycles. The minimum atomic E-state index is -0.255. The Morgan fingerprint density at radius 3 is 1.81 bits per heavy atom. The van der Waals surface area contributed by atoms with Crippen LogP contribution in [0, 0.1) is 0 Å². The average Bonchev–Trinajstić information content (AvgIpc) is 3.11. The third-order valence-corrected chi connectivity index (χ3v) is 6.07. The van der Waals surface area contributed by atoms with Crippen molar-refractivity contribution >= 4 is 23.1 Å². The molecular weight excluding hydrogens is 398 g/mol. The SMILES string of the molecule is O=C1C(c2ccccc2)=C(N2CCN(Cc3ccccc3)CC2)C(=O)N1c1ccccc1. The second-order valence-corrected chi connectivity index (χ2v) is 8.12. The first-order valence-corrected chi connectivity index (χ1v) is 11.0. The van der Waals surface area contributed by atoms with E-state index in [0.717, 1.165) is 25.2 Å². The van der Waals surface area contributed by atoms with Crippen LogP contribution in [0.25, 0.3) is 5.57 Å². The van der Waals surface area contributed by atoms with E-state index in [9.17, 15) is 9.59 Å². The summed E-state index contributed by atoms with van der Waals surface area (Å²) in [7, 11) is 0. The topological polar surface area (TPSA) is 43.9 Å². The van der Waals surface area contributed by atoms with Crippen molar-refractivity contribution in [2.75, 3.05) is 31.1 Å². The van der Waals surface area contributed by atoms with Gasteiger partial charge in [-0.15, -0.1) is 0 Å². The molecule has 3 aromatic carbocycles. The van der Waals surface area contributed by atoms with Gasteiger partial charge in [0.2, 0.25) is 0 Å². The maximum atomic E-state index is 13.6. The summed E-state index contributed by atoms with van der Waals surface area (Å²) in [5, 5.41) is 0. The van der Waals surface area contributed by atoms with E-state index >= 15 is 0 Å². The first kappa shape index (κ1) is 20.2. The zero-order chi connectivity index (χ0) is 21.9. The van der Waals surface area contributed by atoms with E-state index in [4.69, 9.17) is 0 Å². The lowest BCUT2D eigenvalue weighted by Gasteiger charge is -2.36. The molecule has 0 radical (unpaired) electrons. The number of carbonyl (C=O) groups is 2. The highest BCUT2D eigenvalue weighted by Gasteiger charge is 2.42. The molecule has 0 saturated carbocycles. The van der Waals surface area contributed by atoms with Crippen LogP contribution in [0.1, 0.15) is 11.1 Å².